The van der Waals surface area contributed by atoms with Gasteiger partial charge in [-0.1, -0.05) is 49.2 Å². The SMILES string of the molecule is COc1cc2cc(c1Cl)N(C)C(=O)C[C@H](OC(=O)[C@@H](C)N(C)C(=O)CCC(C)SC)[C@]1(C)O[C@H]1[C@H](C)[C@@H]1C[C@@](O)(NC(=O)O1)[C@H](OC)/C=C/C=C(\C)C2. The summed E-state index contributed by atoms with van der Waals surface area (Å²) in [4.78, 5) is 56.5. The van der Waals surface area contributed by atoms with Crippen LogP contribution in [0.2, 0.25) is 5.02 Å². The fourth-order valence-corrected chi connectivity index (χ4v) is 7.51. The van der Waals surface area contributed by atoms with E-state index in [4.69, 9.17) is 35.3 Å². The second-order valence-corrected chi connectivity index (χ2v) is 16.1. The quantitative estimate of drug-likeness (QED) is 0.256. The van der Waals surface area contributed by atoms with Gasteiger partial charge in [0.25, 0.3) is 0 Å². The van der Waals surface area contributed by atoms with Gasteiger partial charge in [0.1, 0.15) is 40.7 Å². The van der Waals surface area contributed by atoms with Crippen LogP contribution in [0.15, 0.2) is 35.9 Å². The molecule has 4 bridgehead atoms. The number of methoxy groups -OCH3 is 2. The molecule has 0 aromatic heterocycles. The van der Waals surface area contributed by atoms with E-state index in [1.807, 2.05) is 26.2 Å². The van der Waals surface area contributed by atoms with Gasteiger partial charge in [0.2, 0.25) is 11.8 Å². The number of halogens is 1. The second kappa shape index (κ2) is 17.4. The van der Waals surface area contributed by atoms with E-state index in [0.29, 0.717) is 24.3 Å². The van der Waals surface area contributed by atoms with Gasteiger partial charge < -0.3 is 38.6 Å². The zero-order valence-corrected chi connectivity index (χ0v) is 33.8. The lowest BCUT2D eigenvalue weighted by Gasteiger charge is -2.42. The molecule has 1 unspecified atom stereocenters. The number of hydrogen-bond acceptors (Lipinski definition) is 11. The molecule has 3 aliphatic rings. The number of anilines is 1. The number of ether oxygens (including phenoxy) is 5. The molecule has 15 heteroatoms. The maximum Gasteiger partial charge on any atom is 0.409 e. The Kier molecular flexibility index (Phi) is 14.0. The third-order valence-corrected chi connectivity index (χ3v) is 12.1. The molecule has 0 saturated carbocycles. The summed E-state index contributed by atoms with van der Waals surface area (Å²) in [6, 6.07) is 2.64. The molecule has 2 fully saturated rings. The number of alkyl carbamates (subject to hydrolysis) is 1. The largest absolute Gasteiger partial charge is 0.495 e. The molecule has 2 N–H and O–H groups in total. The van der Waals surface area contributed by atoms with Crippen LogP contribution in [0.4, 0.5) is 10.5 Å². The summed E-state index contributed by atoms with van der Waals surface area (Å²) in [5.74, 6) is -1.48. The van der Waals surface area contributed by atoms with Crippen LogP contribution in [0.1, 0.15) is 65.9 Å². The van der Waals surface area contributed by atoms with Crippen molar-refractivity contribution in [3.05, 3.63) is 46.5 Å². The Morgan fingerprint density at radius 1 is 1.25 bits per heavy atom. The number of fused-ring (bicyclic) bond motifs is 5. The molecule has 0 radical (unpaired) electrons. The van der Waals surface area contributed by atoms with E-state index in [9.17, 15) is 24.3 Å². The lowest BCUT2D eigenvalue weighted by Crippen LogP contribution is -2.63. The van der Waals surface area contributed by atoms with Crippen molar-refractivity contribution in [3.8, 4) is 5.75 Å². The molecule has 1 aromatic carbocycles. The lowest BCUT2D eigenvalue weighted by molar-refractivity contribution is -0.162. The predicted octanol–water partition coefficient (Wildman–Crippen LogP) is 5.05. The highest BCUT2D eigenvalue weighted by Crippen LogP contribution is 2.49. The van der Waals surface area contributed by atoms with Crippen molar-refractivity contribution in [1.29, 1.82) is 0 Å². The van der Waals surface area contributed by atoms with Crippen LogP contribution in [0.3, 0.4) is 0 Å². The molecule has 3 amide bonds. The molecule has 9 atom stereocenters. The minimum absolute atomic E-state index is 0.0449. The van der Waals surface area contributed by atoms with Gasteiger partial charge in [0, 0.05) is 45.2 Å². The topological polar surface area (TPSA) is 156 Å². The number of likely N-dealkylation sites (N-methyl/N-ethyl adjacent to an activating group) is 1. The number of esters is 1. The summed E-state index contributed by atoms with van der Waals surface area (Å²) in [6.45, 7) is 9.08. The van der Waals surface area contributed by atoms with Crippen LogP contribution in [-0.4, -0.2) is 115 Å². The Hall–Kier alpha value is -3.30. The zero-order valence-electron chi connectivity index (χ0n) is 32.3. The number of nitrogens with one attached hydrogen (secondary N) is 1. The number of allylic oxidation sites excluding steroid dienone is 3. The summed E-state index contributed by atoms with van der Waals surface area (Å²) in [5.41, 5.74) is -0.883. The standard InChI is InChI=1S/C38H54ClN3O10S/c1-21-12-11-13-29(49-9)38(47)20-28(50-36(46)40-38)23(3)34-37(5,52-34)30(51-35(45)24(4)41(6)31(43)15-14-22(2)53-10)19-32(44)42(7)26-17-25(16-21)18-27(48-8)33(26)39/h11-13,17-18,22-24,28-30,34,47H,14-16,19-20H2,1-10H3,(H,40,46)/b13-11+,21-12+/t22?,23-,24-,28+,29-,30+,34+,37+,38+/m1/s1. The fraction of sp³-hybridized carbons (Fsp3) is 0.632. The highest BCUT2D eigenvalue weighted by Gasteiger charge is 2.64. The minimum atomic E-state index is -1.82. The normalized spacial score (nSPS) is 31.8. The monoisotopic (exact) mass is 779 g/mol. The Bertz CT molecular complexity index is 1610. The van der Waals surface area contributed by atoms with Crippen LogP contribution in [0, 0.1) is 5.92 Å². The van der Waals surface area contributed by atoms with Crippen molar-refractivity contribution >= 4 is 52.9 Å². The van der Waals surface area contributed by atoms with Gasteiger partial charge in [-0.2, -0.15) is 11.8 Å². The molecule has 3 heterocycles. The number of carbonyl (C=O) groups excluding carboxylic acids is 4. The first-order valence-corrected chi connectivity index (χ1v) is 19.4. The van der Waals surface area contributed by atoms with E-state index in [1.165, 1.54) is 24.0 Å². The number of carbonyl (C=O) groups is 4. The van der Waals surface area contributed by atoms with E-state index in [2.05, 4.69) is 5.32 Å². The van der Waals surface area contributed by atoms with Crippen molar-refractivity contribution in [2.45, 2.75) is 114 Å². The first-order chi connectivity index (χ1) is 24.9. The molecule has 294 valence electrons. The molecule has 0 spiro atoms. The zero-order chi connectivity index (χ0) is 39.4. The summed E-state index contributed by atoms with van der Waals surface area (Å²) in [7, 11) is 6.06. The number of benzene rings is 1. The number of aliphatic hydroxyl groups is 1. The van der Waals surface area contributed by atoms with Crippen LogP contribution in [-0.2, 0) is 39.8 Å². The molecular formula is C38H54ClN3O10S. The number of amides is 3. The number of epoxide rings is 1. The van der Waals surface area contributed by atoms with Crippen molar-refractivity contribution in [3.63, 3.8) is 0 Å². The maximum absolute atomic E-state index is 14.1. The number of nitrogens with zero attached hydrogens (tertiary/aromatic N) is 2. The molecule has 1 aromatic rings. The first kappa shape index (κ1) is 42.4. The van der Waals surface area contributed by atoms with Gasteiger partial charge in [-0.25, -0.2) is 9.59 Å². The Balaban J connectivity index is 1.73. The van der Waals surface area contributed by atoms with E-state index < -0.39 is 65.7 Å². The second-order valence-electron chi connectivity index (χ2n) is 14.5. The molecule has 2 saturated heterocycles. The molecule has 4 rings (SSSR count). The van der Waals surface area contributed by atoms with Gasteiger partial charge in [-0.15, -0.1) is 0 Å². The summed E-state index contributed by atoms with van der Waals surface area (Å²) in [5, 5.41) is 14.8. The Labute approximate surface area is 321 Å². The predicted molar refractivity (Wildman–Crippen MR) is 203 cm³/mol. The van der Waals surface area contributed by atoms with Crippen molar-refractivity contribution in [1.82, 2.24) is 10.2 Å². The lowest BCUT2D eigenvalue weighted by atomic mass is 9.83. The first-order valence-electron chi connectivity index (χ1n) is 17.8. The van der Waals surface area contributed by atoms with Crippen LogP contribution in [0.25, 0.3) is 0 Å². The summed E-state index contributed by atoms with van der Waals surface area (Å²) < 4.78 is 29.2. The summed E-state index contributed by atoms with van der Waals surface area (Å²) in [6.07, 6.45) is 3.91. The smallest absolute Gasteiger partial charge is 0.409 e. The van der Waals surface area contributed by atoms with Crippen LogP contribution >= 0.6 is 23.4 Å². The molecule has 53 heavy (non-hydrogen) atoms. The molecule has 3 aliphatic heterocycles. The van der Waals surface area contributed by atoms with Crippen molar-refractivity contribution in [2.75, 3.05) is 39.5 Å². The van der Waals surface area contributed by atoms with E-state index in [0.717, 1.165) is 11.1 Å². The molecule has 0 aliphatic carbocycles. The van der Waals surface area contributed by atoms with Crippen molar-refractivity contribution < 1.29 is 48.0 Å². The van der Waals surface area contributed by atoms with Gasteiger partial charge in [0.05, 0.1) is 25.3 Å². The Morgan fingerprint density at radius 2 is 1.94 bits per heavy atom. The number of hydrogen-bond donors (Lipinski definition) is 2. The van der Waals surface area contributed by atoms with Gasteiger partial charge in [-0.3, -0.25) is 14.9 Å². The number of rotatable bonds is 9. The third-order valence-electron chi connectivity index (χ3n) is 10.7. The van der Waals surface area contributed by atoms with E-state index in [-0.39, 0.29) is 35.4 Å². The van der Waals surface area contributed by atoms with Gasteiger partial charge in [0.15, 0.2) is 5.72 Å². The molecule has 13 nitrogen and oxygen atoms in total. The summed E-state index contributed by atoms with van der Waals surface area (Å²) >= 11 is 8.42. The Morgan fingerprint density at radius 3 is 2.58 bits per heavy atom. The molecular weight excluding hydrogens is 726 g/mol. The van der Waals surface area contributed by atoms with E-state index >= 15 is 0 Å². The average Bonchev–Trinajstić information content (AvgIpc) is 3.82. The van der Waals surface area contributed by atoms with Gasteiger partial charge in [-0.05, 0) is 57.6 Å². The maximum atomic E-state index is 14.1. The fourth-order valence-electron chi connectivity index (χ4n) is 6.84. The third kappa shape index (κ3) is 9.69. The van der Waals surface area contributed by atoms with Crippen molar-refractivity contribution in [2.24, 2.45) is 5.92 Å². The highest BCUT2D eigenvalue weighted by atomic mass is 35.5. The average molecular weight is 780 g/mol. The number of thioether (sulfide) groups is 1. The minimum Gasteiger partial charge on any atom is -0.495 e. The van der Waals surface area contributed by atoms with Crippen LogP contribution in [0.5, 0.6) is 5.75 Å². The van der Waals surface area contributed by atoms with E-state index in [1.54, 1.807) is 70.9 Å². The highest BCUT2D eigenvalue weighted by molar-refractivity contribution is 7.99. The van der Waals surface area contributed by atoms with Crippen LogP contribution < -0.4 is 15.0 Å². The van der Waals surface area contributed by atoms with Gasteiger partial charge >= 0.3 is 12.1 Å².